The molecule has 2 N–H and O–H groups in total. The molecular weight excluding hydrogens is 416 g/mol. The van der Waals surface area contributed by atoms with Crippen LogP contribution in [0.1, 0.15) is 29.3 Å². The summed E-state index contributed by atoms with van der Waals surface area (Å²) in [6.07, 6.45) is 5.49. The lowest BCUT2D eigenvalue weighted by molar-refractivity contribution is 0.199. The first-order valence-corrected chi connectivity index (χ1v) is 10.6. The van der Waals surface area contributed by atoms with Crippen LogP contribution in [0.15, 0.2) is 90.4 Å². The van der Waals surface area contributed by atoms with Gasteiger partial charge in [0.1, 0.15) is 5.75 Å². The molecule has 4 aromatic rings. The number of nitrogens with one attached hydrogen (secondary N) is 1. The van der Waals surface area contributed by atoms with Crippen molar-refractivity contribution >= 4 is 17.4 Å². The smallest absolute Gasteiger partial charge is 0.342 e. The molecule has 2 aromatic heterocycles. The molecule has 0 spiro atoms. The molecule has 2 amide bonds. The zero-order valence-corrected chi connectivity index (χ0v) is 18.0. The third kappa shape index (κ3) is 3.94. The number of aromatic hydroxyl groups is 1. The van der Waals surface area contributed by atoms with Crippen LogP contribution < -0.4 is 5.32 Å². The molecule has 1 unspecified atom stereocenters. The third-order valence-corrected chi connectivity index (χ3v) is 5.66. The highest BCUT2D eigenvalue weighted by molar-refractivity contribution is 6.04. The SMILES string of the molecule is Cc1c(NC(=O)N2N=C(c3cccnc3)CC2c2ccccc2O)cnn1-c1ccccc1. The lowest BCUT2D eigenvalue weighted by atomic mass is 9.98. The molecule has 0 saturated carbocycles. The average molecular weight is 438 g/mol. The molecule has 0 radical (unpaired) electrons. The number of urea groups is 1. The van der Waals surface area contributed by atoms with E-state index in [1.807, 2.05) is 55.5 Å². The van der Waals surface area contributed by atoms with Crippen LogP contribution in [0, 0.1) is 6.92 Å². The maximum atomic E-state index is 13.4. The van der Waals surface area contributed by atoms with E-state index in [0.717, 1.165) is 22.7 Å². The van der Waals surface area contributed by atoms with Crippen LogP contribution in [0.3, 0.4) is 0 Å². The molecule has 1 atom stereocenters. The molecule has 0 saturated heterocycles. The van der Waals surface area contributed by atoms with E-state index in [4.69, 9.17) is 0 Å². The number of benzene rings is 2. The summed E-state index contributed by atoms with van der Waals surface area (Å²) in [5, 5.41) is 23.8. The lowest BCUT2D eigenvalue weighted by Gasteiger charge is -2.23. The van der Waals surface area contributed by atoms with Crippen LogP contribution in [-0.4, -0.2) is 36.6 Å². The first-order valence-electron chi connectivity index (χ1n) is 10.6. The van der Waals surface area contributed by atoms with E-state index in [9.17, 15) is 9.90 Å². The highest BCUT2D eigenvalue weighted by atomic mass is 16.3. The van der Waals surface area contributed by atoms with Gasteiger partial charge in [-0.25, -0.2) is 14.5 Å². The molecule has 0 bridgehead atoms. The number of aromatic nitrogens is 3. The Balaban J connectivity index is 1.46. The first-order chi connectivity index (χ1) is 16.1. The fourth-order valence-electron chi connectivity index (χ4n) is 3.95. The van der Waals surface area contributed by atoms with Crippen LogP contribution >= 0.6 is 0 Å². The van der Waals surface area contributed by atoms with Gasteiger partial charge in [-0.3, -0.25) is 4.98 Å². The number of hydrogen-bond donors (Lipinski definition) is 2. The number of nitrogens with zero attached hydrogens (tertiary/aromatic N) is 5. The first kappa shape index (κ1) is 20.4. The van der Waals surface area contributed by atoms with Crippen molar-refractivity contribution in [3.8, 4) is 11.4 Å². The molecule has 1 aliphatic rings. The molecule has 5 rings (SSSR count). The third-order valence-electron chi connectivity index (χ3n) is 5.66. The van der Waals surface area contributed by atoms with Gasteiger partial charge >= 0.3 is 6.03 Å². The number of rotatable bonds is 4. The van der Waals surface area contributed by atoms with Crippen molar-refractivity contribution in [2.75, 3.05) is 5.32 Å². The maximum absolute atomic E-state index is 13.4. The minimum Gasteiger partial charge on any atom is -0.508 e. The highest BCUT2D eigenvalue weighted by Gasteiger charge is 2.35. The Morgan fingerprint density at radius 2 is 1.82 bits per heavy atom. The van der Waals surface area contributed by atoms with Crippen molar-refractivity contribution in [1.82, 2.24) is 19.8 Å². The topological polar surface area (TPSA) is 95.6 Å². The van der Waals surface area contributed by atoms with Crippen molar-refractivity contribution in [2.24, 2.45) is 5.10 Å². The summed E-state index contributed by atoms with van der Waals surface area (Å²) in [5.74, 6) is 0.121. The molecule has 3 heterocycles. The second-order valence-electron chi connectivity index (χ2n) is 7.73. The standard InChI is InChI=1S/C25H22N6O2/c1-17-22(16-27-30(17)19-9-3-2-4-10-19)28-25(33)31-23(20-11-5-6-12-24(20)32)14-21(29-31)18-8-7-13-26-15-18/h2-13,15-16,23,32H,14H2,1H3,(H,28,33). The Hall–Kier alpha value is -4.46. The van der Waals surface area contributed by atoms with Gasteiger partial charge in [-0.1, -0.05) is 42.5 Å². The fraction of sp³-hybridized carbons (Fsp3) is 0.120. The normalized spacial score (nSPS) is 15.4. The van der Waals surface area contributed by atoms with Crippen molar-refractivity contribution in [1.29, 1.82) is 0 Å². The number of phenolic OH excluding ortho intramolecular Hbond substituents is 1. The summed E-state index contributed by atoms with van der Waals surface area (Å²) >= 11 is 0. The van der Waals surface area contributed by atoms with Crippen LogP contribution in [-0.2, 0) is 0 Å². The molecule has 33 heavy (non-hydrogen) atoms. The summed E-state index contributed by atoms with van der Waals surface area (Å²) in [5.41, 5.74) is 4.48. The van der Waals surface area contributed by atoms with Crippen LogP contribution in [0.5, 0.6) is 5.75 Å². The number of anilines is 1. The number of para-hydroxylation sites is 2. The monoisotopic (exact) mass is 438 g/mol. The van der Waals surface area contributed by atoms with Gasteiger partial charge in [0.05, 0.1) is 35.0 Å². The second-order valence-corrected chi connectivity index (χ2v) is 7.73. The van der Waals surface area contributed by atoms with E-state index >= 15 is 0 Å². The number of phenols is 1. The van der Waals surface area contributed by atoms with Crippen molar-refractivity contribution in [3.05, 3.63) is 102 Å². The molecule has 8 nitrogen and oxygen atoms in total. The van der Waals surface area contributed by atoms with Gasteiger partial charge in [0.15, 0.2) is 0 Å². The molecule has 8 heteroatoms. The van der Waals surface area contributed by atoms with Gasteiger partial charge in [0, 0.05) is 29.9 Å². The number of hydrazone groups is 1. The van der Waals surface area contributed by atoms with Gasteiger partial charge in [-0.2, -0.15) is 10.2 Å². The number of pyridine rings is 1. The predicted octanol–water partition coefficient (Wildman–Crippen LogP) is 4.66. The number of amides is 2. The maximum Gasteiger partial charge on any atom is 0.342 e. The molecular formula is C25H22N6O2. The van der Waals surface area contributed by atoms with Gasteiger partial charge in [-0.15, -0.1) is 0 Å². The van der Waals surface area contributed by atoms with Crippen LogP contribution in [0.4, 0.5) is 10.5 Å². The molecule has 0 fully saturated rings. The van der Waals surface area contributed by atoms with Gasteiger partial charge in [-0.05, 0) is 31.2 Å². The van der Waals surface area contributed by atoms with Crippen LogP contribution in [0.2, 0.25) is 0 Å². The number of carbonyl (C=O) groups excluding carboxylic acids is 1. The Kier molecular flexibility index (Phi) is 5.32. The van der Waals surface area contributed by atoms with Gasteiger partial charge < -0.3 is 10.4 Å². The van der Waals surface area contributed by atoms with Crippen molar-refractivity contribution in [3.63, 3.8) is 0 Å². The minimum atomic E-state index is -0.453. The lowest BCUT2D eigenvalue weighted by Crippen LogP contribution is -2.31. The summed E-state index contributed by atoms with van der Waals surface area (Å²) < 4.78 is 1.77. The van der Waals surface area contributed by atoms with Gasteiger partial charge in [0.2, 0.25) is 0 Å². The van der Waals surface area contributed by atoms with E-state index in [2.05, 4.69) is 20.5 Å². The predicted molar refractivity (Wildman–Crippen MR) is 125 cm³/mol. The Morgan fingerprint density at radius 3 is 2.58 bits per heavy atom. The minimum absolute atomic E-state index is 0.121. The Bertz CT molecular complexity index is 1320. The van der Waals surface area contributed by atoms with Crippen molar-refractivity contribution < 1.29 is 9.90 Å². The second kappa shape index (κ2) is 8.58. The summed E-state index contributed by atoms with van der Waals surface area (Å²) in [7, 11) is 0. The summed E-state index contributed by atoms with van der Waals surface area (Å²) in [6.45, 7) is 1.89. The van der Waals surface area contributed by atoms with E-state index in [1.165, 1.54) is 5.01 Å². The molecule has 1 aliphatic heterocycles. The molecule has 0 aliphatic carbocycles. The quantitative estimate of drug-likeness (QED) is 0.484. The van der Waals surface area contributed by atoms with E-state index < -0.39 is 12.1 Å². The highest BCUT2D eigenvalue weighted by Crippen LogP contribution is 2.37. The zero-order valence-electron chi connectivity index (χ0n) is 18.0. The number of hydrogen-bond acceptors (Lipinski definition) is 5. The molecule has 164 valence electrons. The average Bonchev–Trinajstić information content (AvgIpc) is 3.45. The Morgan fingerprint density at radius 1 is 1.03 bits per heavy atom. The molecule has 2 aromatic carbocycles. The fourth-order valence-corrected chi connectivity index (χ4v) is 3.95. The van der Waals surface area contributed by atoms with E-state index in [1.54, 1.807) is 41.5 Å². The summed E-state index contributed by atoms with van der Waals surface area (Å²) in [4.78, 5) is 17.5. The zero-order chi connectivity index (χ0) is 22.8. The number of carbonyl (C=O) groups is 1. The van der Waals surface area contributed by atoms with E-state index in [0.29, 0.717) is 17.7 Å². The van der Waals surface area contributed by atoms with Gasteiger partial charge in [0.25, 0.3) is 0 Å². The summed E-state index contributed by atoms with van der Waals surface area (Å²) in [6, 6.07) is 19.6. The van der Waals surface area contributed by atoms with E-state index in [-0.39, 0.29) is 5.75 Å². The van der Waals surface area contributed by atoms with Crippen LogP contribution in [0.25, 0.3) is 5.69 Å². The Labute approximate surface area is 190 Å². The van der Waals surface area contributed by atoms with Crippen molar-refractivity contribution in [2.45, 2.75) is 19.4 Å². The largest absolute Gasteiger partial charge is 0.508 e.